The van der Waals surface area contributed by atoms with Gasteiger partial charge in [-0.25, -0.2) is 0 Å². The van der Waals surface area contributed by atoms with E-state index in [-0.39, 0.29) is 0 Å². The summed E-state index contributed by atoms with van der Waals surface area (Å²) in [4.78, 5) is 2.46. The molecule has 0 fully saturated rings. The van der Waals surface area contributed by atoms with Crippen LogP contribution in [0, 0.1) is 0 Å². The number of hydrogen-bond acceptors (Lipinski definition) is 2. The van der Waals surface area contributed by atoms with Gasteiger partial charge in [0.15, 0.2) is 0 Å². The Morgan fingerprint density at radius 2 is 1.00 bits per heavy atom. The van der Waals surface area contributed by atoms with Gasteiger partial charge in [-0.2, -0.15) is 0 Å². The third-order valence-electron chi connectivity index (χ3n) is 9.33. The topological polar surface area (TPSA) is 3.24 Å². The lowest BCUT2D eigenvalue weighted by Crippen LogP contribution is -2.37. The zero-order valence-corrected chi connectivity index (χ0v) is 25.4. The molecular formula is C43H29NS. The molecule has 9 rings (SSSR count). The monoisotopic (exact) mass is 591 g/mol. The fourth-order valence-corrected chi connectivity index (χ4v) is 8.71. The number of anilines is 3. The van der Waals surface area contributed by atoms with E-state index in [9.17, 15) is 0 Å². The molecule has 2 heterocycles. The predicted octanol–water partition coefficient (Wildman–Crippen LogP) is 11.9. The molecule has 0 unspecified atom stereocenters. The SMILES string of the molecule is c1ccc(C2(c3ccccc3)c3ccccc3N(c3cccc(-c4cccc5c4sc4ccccc45)c3)c3ccccc32)cc1. The first-order valence-corrected chi connectivity index (χ1v) is 16.3. The molecule has 0 saturated heterocycles. The molecule has 1 aliphatic heterocycles. The molecule has 0 bridgehead atoms. The number of nitrogens with zero attached hydrogens (tertiary/aromatic N) is 1. The van der Waals surface area contributed by atoms with Crippen LogP contribution in [0.5, 0.6) is 0 Å². The minimum absolute atomic E-state index is 0.466. The van der Waals surface area contributed by atoms with Gasteiger partial charge in [0.2, 0.25) is 0 Å². The standard InChI is InChI=1S/C43H29NS/c1-3-16-31(17-4-1)43(32-18-5-2-6-19-32)37-24-8-10-26-39(37)44(40-27-11-9-25-38(40)43)33-20-13-15-30(29-33)34-22-14-23-36-35-21-7-12-28-41(35)45-42(34)36/h1-29H. The molecular weight excluding hydrogens is 563 g/mol. The van der Waals surface area contributed by atoms with Crippen LogP contribution in [0.25, 0.3) is 31.3 Å². The van der Waals surface area contributed by atoms with Crippen LogP contribution in [0.3, 0.4) is 0 Å². The highest BCUT2D eigenvalue weighted by Gasteiger charge is 2.46. The van der Waals surface area contributed by atoms with Crippen LogP contribution in [-0.4, -0.2) is 0 Å². The Morgan fingerprint density at radius 3 is 1.69 bits per heavy atom. The summed E-state index contributed by atoms with van der Waals surface area (Å²) in [6, 6.07) is 64.4. The number of para-hydroxylation sites is 2. The average molecular weight is 592 g/mol. The molecule has 45 heavy (non-hydrogen) atoms. The van der Waals surface area contributed by atoms with E-state index in [2.05, 4.69) is 181 Å². The van der Waals surface area contributed by atoms with Crippen LogP contribution >= 0.6 is 11.3 Å². The summed E-state index contributed by atoms with van der Waals surface area (Å²) in [6.07, 6.45) is 0. The molecule has 0 spiro atoms. The number of fused-ring (bicyclic) bond motifs is 5. The molecule has 8 aromatic rings. The van der Waals surface area contributed by atoms with E-state index in [1.165, 1.54) is 64.9 Å². The Labute approximate surface area is 267 Å². The summed E-state index contributed by atoms with van der Waals surface area (Å²) in [5, 5.41) is 2.65. The normalized spacial score (nSPS) is 13.5. The van der Waals surface area contributed by atoms with Crippen LogP contribution in [-0.2, 0) is 5.41 Å². The first-order valence-electron chi connectivity index (χ1n) is 15.4. The maximum Gasteiger partial charge on any atom is 0.0742 e. The molecule has 2 heteroatoms. The van der Waals surface area contributed by atoms with E-state index in [0.29, 0.717) is 0 Å². The van der Waals surface area contributed by atoms with Crippen molar-refractivity contribution in [1.29, 1.82) is 0 Å². The van der Waals surface area contributed by atoms with Gasteiger partial charge in [0, 0.05) is 25.9 Å². The Morgan fingerprint density at radius 1 is 0.444 bits per heavy atom. The van der Waals surface area contributed by atoms with Crippen molar-refractivity contribution in [3.05, 3.63) is 198 Å². The largest absolute Gasteiger partial charge is 0.310 e. The Bertz CT molecular complexity index is 2250. The second kappa shape index (κ2) is 10.3. The van der Waals surface area contributed by atoms with Gasteiger partial charge in [-0.3, -0.25) is 0 Å². The van der Waals surface area contributed by atoms with E-state index in [0.717, 1.165) is 5.69 Å². The van der Waals surface area contributed by atoms with Crippen LogP contribution < -0.4 is 4.90 Å². The highest BCUT2D eigenvalue weighted by atomic mass is 32.1. The summed E-state index contributed by atoms with van der Waals surface area (Å²) in [5.41, 5.74) is 10.7. The molecule has 0 radical (unpaired) electrons. The molecule has 1 aliphatic rings. The second-order valence-electron chi connectivity index (χ2n) is 11.7. The third kappa shape index (κ3) is 3.86. The van der Waals surface area contributed by atoms with Gasteiger partial charge < -0.3 is 4.90 Å². The van der Waals surface area contributed by atoms with Crippen molar-refractivity contribution in [3.8, 4) is 11.1 Å². The quantitative estimate of drug-likeness (QED) is 0.197. The number of thiophene rings is 1. The van der Waals surface area contributed by atoms with Crippen molar-refractivity contribution in [3.63, 3.8) is 0 Å². The van der Waals surface area contributed by atoms with Gasteiger partial charge in [-0.15, -0.1) is 11.3 Å². The summed E-state index contributed by atoms with van der Waals surface area (Å²) in [7, 11) is 0. The van der Waals surface area contributed by atoms with Gasteiger partial charge in [0.1, 0.15) is 0 Å². The first-order chi connectivity index (χ1) is 22.3. The maximum atomic E-state index is 2.46. The molecule has 0 atom stereocenters. The molecule has 1 aromatic heterocycles. The summed E-state index contributed by atoms with van der Waals surface area (Å²) < 4.78 is 2.66. The predicted molar refractivity (Wildman–Crippen MR) is 191 cm³/mol. The lowest BCUT2D eigenvalue weighted by Gasteiger charge is -2.46. The van der Waals surface area contributed by atoms with E-state index < -0.39 is 5.41 Å². The van der Waals surface area contributed by atoms with Crippen molar-refractivity contribution in [1.82, 2.24) is 0 Å². The van der Waals surface area contributed by atoms with Gasteiger partial charge in [0.25, 0.3) is 0 Å². The minimum atomic E-state index is -0.466. The van der Waals surface area contributed by atoms with Crippen molar-refractivity contribution in [2.75, 3.05) is 4.90 Å². The fourth-order valence-electron chi connectivity index (χ4n) is 7.48. The van der Waals surface area contributed by atoms with Crippen molar-refractivity contribution in [2.45, 2.75) is 5.41 Å². The van der Waals surface area contributed by atoms with Gasteiger partial charge >= 0.3 is 0 Å². The molecule has 212 valence electrons. The van der Waals surface area contributed by atoms with Crippen LogP contribution in [0.15, 0.2) is 176 Å². The Balaban J connectivity index is 1.30. The highest BCUT2D eigenvalue weighted by molar-refractivity contribution is 7.26. The molecule has 7 aromatic carbocycles. The number of benzene rings is 7. The van der Waals surface area contributed by atoms with Gasteiger partial charge in [-0.05, 0) is 63.7 Å². The zero-order valence-electron chi connectivity index (χ0n) is 24.6. The fraction of sp³-hybridized carbons (Fsp3) is 0.0233. The van der Waals surface area contributed by atoms with Gasteiger partial charge in [0.05, 0.1) is 16.8 Å². The molecule has 0 amide bonds. The van der Waals surface area contributed by atoms with Crippen molar-refractivity contribution in [2.24, 2.45) is 0 Å². The smallest absolute Gasteiger partial charge is 0.0742 e. The molecule has 0 N–H and O–H groups in total. The van der Waals surface area contributed by atoms with E-state index in [1.807, 2.05) is 11.3 Å². The molecule has 0 saturated carbocycles. The molecule has 1 nitrogen and oxygen atoms in total. The summed E-state index contributed by atoms with van der Waals surface area (Å²) in [6.45, 7) is 0. The van der Waals surface area contributed by atoms with E-state index in [1.54, 1.807) is 0 Å². The summed E-state index contributed by atoms with van der Waals surface area (Å²) in [5.74, 6) is 0. The van der Waals surface area contributed by atoms with E-state index >= 15 is 0 Å². The summed E-state index contributed by atoms with van der Waals surface area (Å²) >= 11 is 1.88. The van der Waals surface area contributed by atoms with Crippen LogP contribution in [0.2, 0.25) is 0 Å². The van der Waals surface area contributed by atoms with Crippen LogP contribution in [0.4, 0.5) is 17.1 Å². The lowest BCUT2D eigenvalue weighted by atomic mass is 9.62. The van der Waals surface area contributed by atoms with Crippen molar-refractivity contribution < 1.29 is 0 Å². The first kappa shape index (κ1) is 26.0. The number of rotatable bonds is 4. The van der Waals surface area contributed by atoms with Gasteiger partial charge in [-0.1, -0.05) is 146 Å². The van der Waals surface area contributed by atoms with Crippen LogP contribution in [0.1, 0.15) is 22.3 Å². The highest BCUT2D eigenvalue weighted by Crippen LogP contribution is 2.57. The number of hydrogen-bond donors (Lipinski definition) is 0. The minimum Gasteiger partial charge on any atom is -0.310 e. The Hall–Kier alpha value is -5.44. The maximum absolute atomic E-state index is 2.46. The lowest BCUT2D eigenvalue weighted by molar-refractivity contribution is 0.731. The van der Waals surface area contributed by atoms with E-state index in [4.69, 9.17) is 0 Å². The average Bonchev–Trinajstić information content (AvgIpc) is 3.50. The second-order valence-corrected chi connectivity index (χ2v) is 12.7. The van der Waals surface area contributed by atoms with Crippen molar-refractivity contribution >= 4 is 48.6 Å². The Kier molecular flexibility index (Phi) is 5.97. The molecule has 0 aliphatic carbocycles. The zero-order chi connectivity index (χ0) is 29.8. The third-order valence-corrected chi connectivity index (χ3v) is 10.6.